The first-order chi connectivity index (χ1) is 52.4. The molecule has 13 rings (SSSR count). The number of rotatable bonds is 37. The lowest BCUT2D eigenvalue weighted by Crippen LogP contribution is -2.09. The van der Waals surface area contributed by atoms with Gasteiger partial charge in [0.15, 0.2) is 46.0 Å². The molecule has 14 nitrogen and oxygen atoms in total. The van der Waals surface area contributed by atoms with Crippen molar-refractivity contribution in [2.45, 2.75) is 79.3 Å². The number of methoxy groups -OCH3 is 1. The van der Waals surface area contributed by atoms with Crippen LogP contribution < -0.4 is 56.8 Å². The Morgan fingerprint density at radius 1 is 0.189 bits per heavy atom. The molecule has 14 heteroatoms. The monoisotopic (exact) mass is 1410 g/mol. The largest absolute Gasteiger partial charge is 0.485 e. The summed E-state index contributed by atoms with van der Waals surface area (Å²) in [7, 11) is 1.32. The molecule has 0 atom stereocenters. The van der Waals surface area contributed by atoms with Crippen molar-refractivity contribution in [1.82, 2.24) is 0 Å². The second-order valence-corrected chi connectivity index (χ2v) is 24.9. The van der Waals surface area contributed by atoms with Crippen LogP contribution in [0.4, 0.5) is 0 Å². The third kappa shape index (κ3) is 20.6. The van der Waals surface area contributed by atoms with Crippen LogP contribution >= 0.6 is 0 Å². The second-order valence-electron chi connectivity index (χ2n) is 24.9. The number of ether oxygens (including phenoxy) is 13. The maximum atomic E-state index is 14.2. The number of benzene rings is 13. The van der Waals surface area contributed by atoms with Gasteiger partial charge in [-0.3, -0.25) is 0 Å². The van der Waals surface area contributed by atoms with Gasteiger partial charge in [-0.05, 0) is 115 Å². The molecule has 0 fully saturated rings. The topological polar surface area (TPSA) is 137 Å². The SMILES string of the molecule is COC(=O)c1cc(OCc2cc(OCc3ccccc3)c(OCc3ccccc3)c(OCc3ccccc3)c2)c(OCc2cc(OCc3ccccc3)c(OCc3ccccc3)c(OCc3ccccc3)c2)c(OCc2cc(OCc3ccccc3)c(OCc3ccccc3)c(OCc3ccccc3)c2)c1. The predicted molar refractivity (Wildman–Crippen MR) is 407 cm³/mol. The zero-order chi connectivity index (χ0) is 72.2. The van der Waals surface area contributed by atoms with Crippen LogP contribution in [0, 0.1) is 0 Å². The molecule has 0 aliphatic heterocycles. The van der Waals surface area contributed by atoms with E-state index < -0.39 is 5.97 Å². The van der Waals surface area contributed by atoms with E-state index in [1.54, 1.807) is 12.1 Å². The van der Waals surface area contributed by atoms with Gasteiger partial charge in [0.25, 0.3) is 0 Å². The molecule has 0 radical (unpaired) electrons. The molecule has 0 amide bonds. The molecule has 532 valence electrons. The van der Waals surface area contributed by atoms with E-state index in [2.05, 4.69) is 0 Å². The van der Waals surface area contributed by atoms with Gasteiger partial charge in [0, 0.05) is 0 Å². The highest BCUT2D eigenvalue weighted by Gasteiger charge is 2.26. The lowest BCUT2D eigenvalue weighted by Gasteiger charge is -2.22. The van der Waals surface area contributed by atoms with E-state index in [0.717, 1.165) is 50.1 Å². The molecule has 0 aromatic heterocycles. The molecular weight excluding hydrogens is 1330 g/mol. The van der Waals surface area contributed by atoms with Gasteiger partial charge in [0.1, 0.15) is 79.3 Å². The number of carbonyl (C=O) groups is 1. The van der Waals surface area contributed by atoms with E-state index in [-0.39, 0.29) is 102 Å². The Balaban J connectivity index is 0.914. The van der Waals surface area contributed by atoms with Gasteiger partial charge in [0.2, 0.25) is 23.0 Å². The molecule has 0 saturated carbocycles. The quantitative estimate of drug-likeness (QED) is 0.0342. The molecule has 0 aliphatic rings. The van der Waals surface area contributed by atoms with Gasteiger partial charge < -0.3 is 61.6 Å². The smallest absolute Gasteiger partial charge is 0.338 e. The standard InChI is InChI=1S/C92H80O14/c1-94-92(93)79-53-86(101-64-76-47-80(95-55-67-29-11-2-12-30-67)88(103-61-73-41-23-8-24-42-73)81(48-76)96-56-68-31-13-3-14-32-68)91(106-66-78-51-84(99-59-71-37-19-6-20-38-71)90(105-63-75-45-27-10-28-46-75)85(52-78)100-60-72-39-21-7-22-40-72)87(54-79)102-65-77-49-82(97-57-69-33-15-4-16-34-69)89(104-62-74-43-25-9-26-44-74)83(50-77)98-58-70-35-17-5-18-36-70/h2-54H,55-66H2,1H3. The van der Waals surface area contributed by atoms with Crippen molar-refractivity contribution in [2.24, 2.45) is 0 Å². The second kappa shape index (κ2) is 37.2. The Morgan fingerprint density at radius 3 is 0.500 bits per heavy atom. The van der Waals surface area contributed by atoms with Crippen molar-refractivity contribution in [2.75, 3.05) is 7.11 Å². The van der Waals surface area contributed by atoms with Crippen molar-refractivity contribution >= 4 is 5.97 Å². The van der Waals surface area contributed by atoms with Crippen molar-refractivity contribution in [1.29, 1.82) is 0 Å². The summed E-state index contributed by atoms with van der Waals surface area (Å²) in [6.45, 7) is 1.64. The van der Waals surface area contributed by atoms with Crippen LogP contribution in [-0.2, 0) is 84.0 Å². The van der Waals surface area contributed by atoms with Gasteiger partial charge in [-0.2, -0.15) is 0 Å². The molecular formula is C92H80O14. The lowest BCUT2D eigenvalue weighted by molar-refractivity contribution is 0.0599. The van der Waals surface area contributed by atoms with Crippen LogP contribution in [0.5, 0.6) is 69.0 Å². The molecule has 0 spiro atoms. The van der Waals surface area contributed by atoms with Gasteiger partial charge in [-0.1, -0.05) is 273 Å². The molecule has 13 aromatic carbocycles. The summed E-state index contributed by atoms with van der Waals surface area (Å²) < 4.78 is 87.2. The molecule has 13 aromatic rings. The maximum Gasteiger partial charge on any atom is 0.338 e. The third-order valence-corrected chi connectivity index (χ3v) is 17.0. The minimum Gasteiger partial charge on any atom is -0.485 e. The van der Waals surface area contributed by atoms with E-state index in [9.17, 15) is 4.79 Å². The molecule has 0 heterocycles. The van der Waals surface area contributed by atoms with Crippen LogP contribution in [0.1, 0.15) is 77.1 Å². The van der Waals surface area contributed by atoms with E-state index >= 15 is 0 Å². The first-order valence-electron chi connectivity index (χ1n) is 35.0. The molecule has 0 saturated heterocycles. The fraction of sp³-hybridized carbons (Fsp3) is 0.141. The number of hydrogen-bond acceptors (Lipinski definition) is 14. The highest BCUT2D eigenvalue weighted by atomic mass is 16.6. The summed E-state index contributed by atoms with van der Waals surface area (Å²) in [5, 5.41) is 0. The molecule has 106 heavy (non-hydrogen) atoms. The average molecular weight is 1410 g/mol. The van der Waals surface area contributed by atoms with Crippen LogP contribution in [0.2, 0.25) is 0 Å². The van der Waals surface area contributed by atoms with Crippen molar-refractivity contribution < 1.29 is 66.4 Å². The van der Waals surface area contributed by atoms with Gasteiger partial charge in [-0.25, -0.2) is 4.79 Å². The highest BCUT2D eigenvalue weighted by molar-refractivity contribution is 5.91. The van der Waals surface area contributed by atoms with E-state index in [1.165, 1.54) is 7.11 Å². The van der Waals surface area contributed by atoms with Crippen LogP contribution in [0.3, 0.4) is 0 Å². The summed E-state index contributed by atoms with van der Waals surface area (Å²) >= 11 is 0. The summed E-state index contributed by atoms with van der Waals surface area (Å²) in [5.74, 6) is 3.44. The average Bonchev–Trinajstić information content (AvgIpc) is 0.814. The molecule has 0 bridgehead atoms. The van der Waals surface area contributed by atoms with E-state index in [4.69, 9.17) is 61.6 Å². The fourth-order valence-corrected chi connectivity index (χ4v) is 11.5. The van der Waals surface area contributed by atoms with Crippen LogP contribution in [-0.4, -0.2) is 13.1 Å². The Bertz CT molecular complexity index is 4460. The minimum absolute atomic E-state index is 0.111. The zero-order valence-electron chi connectivity index (χ0n) is 58.8. The molecule has 0 unspecified atom stereocenters. The Morgan fingerprint density at radius 2 is 0.330 bits per heavy atom. The Labute approximate surface area is 618 Å². The van der Waals surface area contributed by atoms with Crippen molar-refractivity contribution in [3.8, 4) is 69.0 Å². The first kappa shape index (κ1) is 71.3. The van der Waals surface area contributed by atoms with Gasteiger partial charge in [-0.15, -0.1) is 0 Å². The van der Waals surface area contributed by atoms with Gasteiger partial charge >= 0.3 is 5.97 Å². The molecule has 0 aliphatic carbocycles. The highest BCUT2D eigenvalue weighted by Crippen LogP contribution is 2.47. The lowest BCUT2D eigenvalue weighted by atomic mass is 10.1. The first-order valence-corrected chi connectivity index (χ1v) is 35.0. The van der Waals surface area contributed by atoms with Crippen molar-refractivity contribution in [3.05, 3.63) is 394 Å². The summed E-state index contributed by atoms with van der Waals surface area (Å²) in [4.78, 5) is 14.2. The summed E-state index contributed by atoms with van der Waals surface area (Å²) in [5.41, 5.74) is 10.5. The molecule has 0 N–H and O–H groups in total. The maximum absolute atomic E-state index is 14.2. The van der Waals surface area contributed by atoms with Gasteiger partial charge in [0.05, 0.1) is 12.7 Å². The number of esters is 1. The summed E-state index contributed by atoms with van der Waals surface area (Å²) in [6.07, 6.45) is 0. The van der Waals surface area contributed by atoms with Crippen molar-refractivity contribution in [3.63, 3.8) is 0 Å². The summed E-state index contributed by atoms with van der Waals surface area (Å²) in [6, 6.07) is 104. The van der Waals surface area contributed by atoms with E-state index in [1.807, 2.05) is 309 Å². The number of hydrogen-bond donors (Lipinski definition) is 0. The predicted octanol–water partition coefficient (Wildman–Crippen LogP) is 20.4. The van der Waals surface area contributed by atoms with E-state index in [0.29, 0.717) is 68.4 Å². The van der Waals surface area contributed by atoms with Crippen LogP contribution in [0.15, 0.2) is 322 Å². The Kier molecular flexibility index (Phi) is 25.0. The minimum atomic E-state index is -0.658. The van der Waals surface area contributed by atoms with Crippen LogP contribution in [0.25, 0.3) is 0 Å². The Hall–Kier alpha value is -13.1. The zero-order valence-corrected chi connectivity index (χ0v) is 58.8. The number of carbonyl (C=O) groups excluding carboxylic acids is 1. The third-order valence-electron chi connectivity index (χ3n) is 17.0. The normalized spacial score (nSPS) is 10.8. The fourth-order valence-electron chi connectivity index (χ4n) is 11.5.